The van der Waals surface area contributed by atoms with Crippen LogP contribution in [-0.2, 0) is 0 Å². The summed E-state index contributed by atoms with van der Waals surface area (Å²) in [6.45, 7) is 2.02. The molecule has 0 bridgehead atoms. The van der Waals surface area contributed by atoms with Gasteiger partial charge in [-0.15, -0.1) is 0 Å². The van der Waals surface area contributed by atoms with Crippen molar-refractivity contribution in [3.05, 3.63) is 35.9 Å². The second kappa shape index (κ2) is 5.60. The molecule has 5 nitrogen and oxygen atoms in total. The lowest BCUT2D eigenvalue weighted by Gasteiger charge is -2.12. The number of benzene rings is 2. The van der Waals surface area contributed by atoms with Crippen molar-refractivity contribution in [1.82, 2.24) is 4.98 Å². The van der Waals surface area contributed by atoms with Gasteiger partial charge in [-0.3, -0.25) is 0 Å². The number of rotatable bonds is 4. The Morgan fingerprint density at radius 3 is 2.18 bits per heavy atom. The summed E-state index contributed by atoms with van der Waals surface area (Å²) in [4.78, 5) is 4.53. The standard InChI is InChI=1S/C17H17NO4/c1-10-5-6-13-12(7-10)18-17(22-13)11-8-14(19-2)16(21-4)15(9-11)20-3/h5-9H,1-4H3. The number of oxazole rings is 1. The highest BCUT2D eigenvalue weighted by atomic mass is 16.5. The van der Waals surface area contributed by atoms with Gasteiger partial charge < -0.3 is 18.6 Å². The Morgan fingerprint density at radius 1 is 0.909 bits per heavy atom. The largest absolute Gasteiger partial charge is 0.493 e. The van der Waals surface area contributed by atoms with E-state index in [0.717, 1.165) is 22.2 Å². The molecule has 114 valence electrons. The van der Waals surface area contributed by atoms with E-state index >= 15 is 0 Å². The second-order valence-electron chi connectivity index (χ2n) is 4.90. The first kappa shape index (κ1) is 14.3. The van der Waals surface area contributed by atoms with E-state index in [2.05, 4.69) is 4.98 Å². The molecule has 0 amide bonds. The highest BCUT2D eigenvalue weighted by molar-refractivity contribution is 5.78. The van der Waals surface area contributed by atoms with Crippen LogP contribution >= 0.6 is 0 Å². The van der Waals surface area contributed by atoms with Crippen LogP contribution in [0, 0.1) is 6.92 Å². The summed E-state index contributed by atoms with van der Waals surface area (Å²) in [5.74, 6) is 2.19. The summed E-state index contributed by atoms with van der Waals surface area (Å²) < 4.78 is 21.9. The van der Waals surface area contributed by atoms with Gasteiger partial charge in [0.2, 0.25) is 11.6 Å². The topological polar surface area (TPSA) is 53.7 Å². The zero-order chi connectivity index (χ0) is 15.7. The van der Waals surface area contributed by atoms with Gasteiger partial charge in [0.15, 0.2) is 17.1 Å². The highest BCUT2D eigenvalue weighted by Crippen LogP contribution is 2.41. The lowest BCUT2D eigenvalue weighted by atomic mass is 10.2. The summed E-state index contributed by atoms with van der Waals surface area (Å²) in [5, 5.41) is 0. The van der Waals surface area contributed by atoms with Crippen LogP contribution in [0.5, 0.6) is 17.2 Å². The fourth-order valence-electron chi connectivity index (χ4n) is 2.37. The van der Waals surface area contributed by atoms with Crippen molar-refractivity contribution < 1.29 is 18.6 Å². The van der Waals surface area contributed by atoms with Crippen LogP contribution in [0.4, 0.5) is 0 Å². The van der Waals surface area contributed by atoms with Gasteiger partial charge in [-0.2, -0.15) is 0 Å². The maximum absolute atomic E-state index is 5.82. The van der Waals surface area contributed by atoms with Crippen LogP contribution in [0.25, 0.3) is 22.6 Å². The Kier molecular flexibility index (Phi) is 3.63. The van der Waals surface area contributed by atoms with Crippen molar-refractivity contribution in [2.24, 2.45) is 0 Å². The maximum Gasteiger partial charge on any atom is 0.227 e. The molecule has 22 heavy (non-hydrogen) atoms. The minimum atomic E-state index is 0.514. The van der Waals surface area contributed by atoms with Crippen molar-refractivity contribution in [2.75, 3.05) is 21.3 Å². The number of nitrogens with zero attached hydrogens (tertiary/aromatic N) is 1. The number of aromatic nitrogens is 1. The van der Waals surface area contributed by atoms with E-state index in [1.54, 1.807) is 21.3 Å². The number of methoxy groups -OCH3 is 3. The average Bonchev–Trinajstić information content (AvgIpc) is 2.96. The van der Waals surface area contributed by atoms with Gasteiger partial charge in [-0.25, -0.2) is 4.98 Å². The molecule has 1 aromatic heterocycles. The van der Waals surface area contributed by atoms with Crippen molar-refractivity contribution in [2.45, 2.75) is 6.92 Å². The zero-order valence-corrected chi connectivity index (χ0v) is 13.0. The second-order valence-corrected chi connectivity index (χ2v) is 4.90. The molecule has 5 heteroatoms. The Bertz CT molecular complexity index is 798. The third-order valence-corrected chi connectivity index (χ3v) is 3.45. The molecule has 0 radical (unpaired) electrons. The highest BCUT2D eigenvalue weighted by Gasteiger charge is 2.17. The molecule has 0 aliphatic carbocycles. The number of fused-ring (bicyclic) bond motifs is 1. The van der Waals surface area contributed by atoms with Crippen LogP contribution in [0.15, 0.2) is 34.7 Å². The van der Waals surface area contributed by atoms with E-state index < -0.39 is 0 Å². The summed E-state index contributed by atoms with van der Waals surface area (Å²) in [7, 11) is 4.73. The Labute approximate surface area is 128 Å². The summed E-state index contributed by atoms with van der Waals surface area (Å²) >= 11 is 0. The summed E-state index contributed by atoms with van der Waals surface area (Å²) in [6.07, 6.45) is 0. The van der Waals surface area contributed by atoms with Crippen LogP contribution in [0.2, 0.25) is 0 Å². The van der Waals surface area contributed by atoms with Gasteiger partial charge in [0.25, 0.3) is 0 Å². The van der Waals surface area contributed by atoms with Crippen LogP contribution in [0.1, 0.15) is 5.56 Å². The molecule has 0 unspecified atom stereocenters. The molecule has 0 saturated carbocycles. The smallest absolute Gasteiger partial charge is 0.227 e. The van der Waals surface area contributed by atoms with Gasteiger partial charge in [0.05, 0.1) is 21.3 Å². The van der Waals surface area contributed by atoms with Gasteiger partial charge in [0.1, 0.15) is 5.52 Å². The van der Waals surface area contributed by atoms with Gasteiger partial charge in [0, 0.05) is 5.56 Å². The lowest BCUT2D eigenvalue weighted by molar-refractivity contribution is 0.324. The molecule has 0 atom stereocenters. The van der Waals surface area contributed by atoms with Crippen LogP contribution < -0.4 is 14.2 Å². The first-order chi connectivity index (χ1) is 10.7. The van der Waals surface area contributed by atoms with Crippen LogP contribution in [0.3, 0.4) is 0 Å². The van der Waals surface area contributed by atoms with Crippen molar-refractivity contribution in [3.63, 3.8) is 0 Å². The molecular weight excluding hydrogens is 282 g/mol. The van der Waals surface area contributed by atoms with Crippen molar-refractivity contribution >= 4 is 11.1 Å². The van der Waals surface area contributed by atoms with E-state index in [0.29, 0.717) is 23.1 Å². The first-order valence-corrected chi connectivity index (χ1v) is 6.84. The molecule has 3 rings (SSSR count). The van der Waals surface area contributed by atoms with Gasteiger partial charge >= 0.3 is 0 Å². The fraction of sp³-hybridized carbons (Fsp3) is 0.235. The molecular formula is C17H17NO4. The third kappa shape index (κ3) is 2.35. The van der Waals surface area contributed by atoms with Gasteiger partial charge in [-0.05, 0) is 36.8 Å². The quantitative estimate of drug-likeness (QED) is 0.733. The monoisotopic (exact) mass is 299 g/mol. The molecule has 0 saturated heterocycles. The normalized spacial score (nSPS) is 10.7. The third-order valence-electron chi connectivity index (χ3n) is 3.45. The molecule has 3 aromatic rings. The molecule has 1 heterocycles. The number of aryl methyl sites for hydroxylation is 1. The number of ether oxygens (including phenoxy) is 3. The minimum Gasteiger partial charge on any atom is -0.493 e. The molecule has 0 aliphatic heterocycles. The number of hydrogen-bond acceptors (Lipinski definition) is 5. The summed E-state index contributed by atoms with van der Waals surface area (Å²) in [6, 6.07) is 9.53. The number of hydrogen-bond donors (Lipinski definition) is 0. The predicted octanol–water partition coefficient (Wildman–Crippen LogP) is 3.83. The van der Waals surface area contributed by atoms with Crippen LogP contribution in [-0.4, -0.2) is 26.3 Å². The van der Waals surface area contributed by atoms with Crippen molar-refractivity contribution in [1.29, 1.82) is 0 Å². The fourth-order valence-corrected chi connectivity index (χ4v) is 2.37. The molecule has 0 fully saturated rings. The molecule has 0 aliphatic rings. The average molecular weight is 299 g/mol. The molecule has 0 spiro atoms. The summed E-state index contributed by atoms with van der Waals surface area (Å²) in [5.41, 5.74) is 3.47. The van der Waals surface area contributed by atoms with E-state index in [1.165, 1.54) is 0 Å². The van der Waals surface area contributed by atoms with E-state index in [4.69, 9.17) is 18.6 Å². The minimum absolute atomic E-state index is 0.514. The Morgan fingerprint density at radius 2 is 1.59 bits per heavy atom. The SMILES string of the molecule is COc1cc(-c2nc3cc(C)ccc3o2)cc(OC)c1OC. The zero-order valence-electron chi connectivity index (χ0n) is 13.0. The Hall–Kier alpha value is -2.69. The molecule has 2 aromatic carbocycles. The van der Waals surface area contributed by atoms with Gasteiger partial charge in [-0.1, -0.05) is 6.07 Å². The lowest BCUT2D eigenvalue weighted by Crippen LogP contribution is -1.95. The molecule has 0 N–H and O–H groups in total. The first-order valence-electron chi connectivity index (χ1n) is 6.84. The van der Waals surface area contributed by atoms with E-state index in [-0.39, 0.29) is 0 Å². The maximum atomic E-state index is 5.82. The Balaban J connectivity index is 2.17. The predicted molar refractivity (Wildman–Crippen MR) is 83.8 cm³/mol. The van der Waals surface area contributed by atoms with E-state index in [9.17, 15) is 0 Å². The van der Waals surface area contributed by atoms with E-state index in [1.807, 2.05) is 37.3 Å². The van der Waals surface area contributed by atoms with Crippen molar-refractivity contribution in [3.8, 4) is 28.7 Å².